The zero-order valence-corrected chi connectivity index (χ0v) is 45.5. The third kappa shape index (κ3) is 11.0. The van der Waals surface area contributed by atoms with Crippen LogP contribution in [0.25, 0.3) is 89.4 Å². The molecule has 0 unspecified atom stereocenters. The van der Waals surface area contributed by atoms with Crippen molar-refractivity contribution in [3.05, 3.63) is 326 Å². The second-order valence-corrected chi connectivity index (χ2v) is 18.9. The molecule has 0 spiro atoms. The van der Waals surface area contributed by atoms with Gasteiger partial charge in [0.25, 0.3) is 0 Å². The molecule has 0 atom stereocenters. The molecule has 0 saturated carbocycles. The zero-order valence-electron chi connectivity index (χ0n) is 44.4. The van der Waals surface area contributed by atoms with Crippen LogP contribution in [0.1, 0.15) is 45.6 Å². The first-order valence-electron chi connectivity index (χ1n) is 26.7. The van der Waals surface area contributed by atoms with Gasteiger partial charge in [0.05, 0.1) is 36.0 Å². The summed E-state index contributed by atoms with van der Waals surface area (Å²) in [5.41, 5.74) is 15.8. The van der Waals surface area contributed by atoms with Gasteiger partial charge in [0.2, 0.25) is 0 Å². The van der Waals surface area contributed by atoms with Crippen molar-refractivity contribution >= 4 is 44.9 Å². The van der Waals surface area contributed by atoms with Crippen LogP contribution in [0.15, 0.2) is 280 Å². The summed E-state index contributed by atoms with van der Waals surface area (Å²) in [5.74, 6) is 1.83. The third-order valence-electron chi connectivity index (χ3n) is 13.8. The van der Waals surface area contributed by atoms with Crippen LogP contribution in [0.5, 0.6) is 0 Å². The molecule has 5 aromatic heterocycles. The Kier molecular flexibility index (Phi) is 15.6. The molecule has 0 radical (unpaired) electrons. The van der Waals surface area contributed by atoms with Crippen molar-refractivity contribution in [2.75, 3.05) is 0 Å². The molecule has 0 amide bonds. The van der Waals surface area contributed by atoms with Crippen LogP contribution in [0.2, 0.25) is 0 Å². The van der Waals surface area contributed by atoms with Crippen molar-refractivity contribution in [1.29, 1.82) is 0 Å². The van der Waals surface area contributed by atoms with Gasteiger partial charge >= 0.3 is 17.1 Å². The first-order valence-corrected chi connectivity index (χ1v) is 26.7. The van der Waals surface area contributed by atoms with E-state index in [-0.39, 0.29) is 17.1 Å². The first-order chi connectivity index (χ1) is 40.7. The number of aromatic nitrogens is 12. The molecule has 2 N–H and O–H groups in total. The molecule has 396 valence electrons. The smallest absolute Gasteiger partial charge is 0.357 e. The van der Waals surface area contributed by atoms with Crippen molar-refractivity contribution in [2.45, 2.75) is 0 Å². The quantitative estimate of drug-likeness (QED) is 0.140. The Labute approximate surface area is 489 Å². The van der Waals surface area contributed by atoms with Crippen LogP contribution in [0, 0.1) is 0 Å². The van der Waals surface area contributed by atoms with Gasteiger partial charge in [-0.15, -0.1) is 0 Å². The van der Waals surface area contributed by atoms with E-state index in [1.807, 2.05) is 146 Å². The van der Waals surface area contributed by atoms with Crippen LogP contribution in [-0.4, -0.2) is 49.8 Å². The Hall–Kier alpha value is -11.0. The Morgan fingerprint density at radius 1 is 0.241 bits per heavy atom. The van der Waals surface area contributed by atoms with E-state index in [1.165, 1.54) is 0 Å². The second-order valence-electron chi connectivity index (χ2n) is 18.9. The molecule has 13 aromatic rings. The number of benzene rings is 8. The summed E-state index contributed by atoms with van der Waals surface area (Å²) in [6, 6.07) is 82.2. The summed E-state index contributed by atoms with van der Waals surface area (Å²) in [5, 5.41) is 0. The molecule has 2 aliphatic heterocycles. The molecule has 8 bridgehead atoms. The maximum absolute atomic E-state index is 5.58. The summed E-state index contributed by atoms with van der Waals surface area (Å²) in [4.78, 5) is 57.0. The Balaban J connectivity index is 0.000000561. The molecule has 0 fully saturated rings. The normalized spacial score (nSPS) is 11.7. The number of hydrogen-bond donors (Lipinski definition) is 2. The fraction of sp³-hybridized carbons (Fsp3) is 0. The molecule has 12 nitrogen and oxygen atoms in total. The largest absolute Gasteiger partial charge is 2.00 e. The van der Waals surface area contributed by atoms with Gasteiger partial charge in [0, 0.05) is 91.9 Å². The molecular weight excluding hydrogens is 1060 g/mol. The van der Waals surface area contributed by atoms with Gasteiger partial charge in [-0.25, -0.2) is 19.9 Å². The average molecular weight is 1110 g/mol. The molecular formula is C70H48FeN12. The Morgan fingerprint density at radius 3 is 0.614 bits per heavy atom. The van der Waals surface area contributed by atoms with Crippen LogP contribution < -0.4 is 9.97 Å². The fourth-order valence-electron chi connectivity index (χ4n) is 10.2. The van der Waals surface area contributed by atoms with Crippen molar-refractivity contribution in [3.8, 4) is 44.5 Å². The minimum atomic E-state index is 0. The van der Waals surface area contributed by atoms with E-state index in [9.17, 15) is 0 Å². The predicted molar refractivity (Wildman–Crippen MR) is 325 cm³/mol. The first kappa shape index (κ1) is 52.7. The van der Waals surface area contributed by atoms with Crippen molar-refractivity contribution in [1.82, 2.24) is 59.8 Å². The van der Waals surface area contributed by atoms with E-state index in [1.54, 1.807) is 37.4 Å². The summed E-state index contributed by atoms with van der Waals surface area (Å²) < 4.78 is 0. The van der Waals surface area contributed by atoms with Crippen molar-refractivity contribution in [3.63, 3.8) is 0 Å². The SMILES string of the molecule is [Fe+2].c1c[nH]cn1.c1c[nH]cn1.c1ccc(C2=C(c3ccccc3)c3nc2nc2[n-]c(nc4nc(nc5[n-]c(n3)c(-c3ccccc3)c5-c3ccccc3)C(c3ccccc3)=C4c3ccccc3)c(-c3ccccc3)c2-c2ccccc2)cc1. The van der Waals surface area contributed by atoms with E-state index < -0.39 is 0 Å². The predicted octanol–water partition coefficient (Wildman–Crippen LogP) is 14.7. The van der Waals surface area contributed by atoms with Gasteiger partial charge in [0.1, 0.15) is 0 Å². The van der Waals surface area contributed by atoms with E-state index in [2.05, 4.69) is 117 Å². The van der Waals surface area contributed by atoms with Gasteiger partial charge in [-0.2, -0.15) is 0 Å². The number of H-pyrrole nitrogens is 2. The van der Waals surface area contributed by atoms with Crippen LogP contribution in [-0.2, 0) is 17.1 Å². The molecule has 15 rings (SSSR count). The number of rotatable bonds is 8. The van der Waals surface area contributed by atoms with E-state index in [0.717, 1.165) is 89.1 Å². The van der Waals surface area contributed by atoms with Gasteiger partial charge in [-0.1, -0.05) is 243 Å². The molecule has 0 aliphatic carbocycles. The summed E-state index contributed by atoms with van der Waals surface area (Å²) in [6.45, 7) is 0. The number of hydrogen-bond acceptors (Lipinski definition) is 8. The number of nitrogens with zero attached hydrogens (tertiary/aromatic N) is 10. The van der Waals surface area contributed by atoms with E-state index >= 15 is 0 Å². The van der Waals surface area contributed by atoms with Gasteiger partial charge in [0.15, 0.2) is 0 Å². The summed E-state index contributed by atoms with van der Waals surface area (Å²) in [6.07, 6.45) is 10.2. The van der Waals surface area contributed by atoms with E-state index in [4.69, 9.17) is 39.9 Å². The summed E-state index contributed by atoms with van der Waals surface area (Å²) in [7, 11) is 0. The minimum absolute atomic E-state index is 0. The third-order valence-corrected chi connectivity index (χ3v) is 13.8. The monoisotopic (exact) mass is 1110 g/mol. The molecule has 0 saturated heterocycles. The average Bonchev–Trinajstić information content (AvgIpc) is 3.04. The van der Waals surface area contributed by atoms with Gasteiger partial charge in [-0.3, -0.25) is 0 Å². The van der Waals surface area contributed by atoms with E-state index in [0.29, 0.717) is 45.9 Å². The Morgan fingerprint density at radius 2 is 0.446 bits per heavy atom. The van der Waals surface area contributed by atoms with Crippen LogP contribution in [0.4, 0.5) is 0 Å². The standard InChI is InChI=1S/C64H40N8.2C3H4N2.Fe/c1-9-25-41(26-10-1)49-50(42-27-11-2-12-28-42)58-65-57(49)69-59-51(43-29-13-3-14-30-43)52(44-31-15-4-16-32-44)61(66-59)71-63-55(47-37-21-7-22-38-47)56(48-39-23-8-24-40-48)64(68-63)72-62-54(46-35-19-6-20-36-46)53(60(67-62)70-58)45-33-17-5-18-34-45;2*1-2-5-3-4-1;/h1-40H;2*1-3H,(H,4,5);/q-2;;;+2. The van der Waals surface area contributed by atoms with Gasteiger partial charge in [-0.05, 0) is 44.5 Å². The topological polar surface area (TPSA) is 163 Å². The number of imidazole rings is 2. The van der Waals surface area contributed by atoms with Crippen LogP contribution in [0.3, 0.4) is 0 Å². The molecule has 13 heteroatoms. The minimum Gasteiger partial charge on any atom is -0.357 e. The molecule has 2 aliphatic rings. The number of nitrogens with one attached hydrogen (secondary N) is 2. The van der Waals surface area contributed by atoms with Gasteiger partial charge < -0.3 is 39.9 Å². The second kappa shape index (κ2) is 24.6. The molecule has 8 aromatic carbocycles. The van der Waals surface area contributed by atoms with Crippen molar-refractivity contribution in [2.24, 2.45) is 0 Å². The number of aromatic amines is 2. The summed E-state index contributed by atoms with van der Waals surface area (Å²) >= 11 is 0. The Bertz CT molecular complexity index is 3920. The van der Waals surface area contributed by atoms with Crippen molar-refractivity contribution < 1.29 is 17.1 Å². The zero-order chi connectivity index (χ0) is 54.9. The molecule has 7 heterocycles. The number of fused-ring (bicyclic) bond motifs is 8. The van der Waals surface area contributed by atoms with Crippen LogP contribution >= 0.6 is 0 Å². The maximum atomic E-state index is 5.58. The molecule has 83 heavy (non-hydrogen) atoms. The fourth-order valence-corrected chi connectivity index (χ4v) is 10.2. The maximum Gasteiger partial charge on any atom is 2.00 e.